The van der Waals surface area contributed by atoms with Crippen molar-refractivity contribution < 1.29 is 14.3 Å². The van der Waals surface area contributed by atoms with Gasteiger partial charge < -0.3 is 20.1 Å². The summed E-state index contributed by atoms with van der Waals surface area (Å²) in [6, 6.07) is 5.85. The molecule has 1 atom stereocenters. The van der Waals surface area contributed by atoms with E-state index >= 15 is 0 Å². The lowest BCUT2D eigenvalue weighted by Crippen LogP contribution is -2.28. The fraction of sp³-hybridized carbons (Fsp3) is 0.533. The summed E-state index contributed by atoms with van der Waals surface area (Å²) < 4.78 is 11.0. The molecule has 2 N–H and O–H groups in total. The molecule has 1 aliphatic rings. The van der Waals surface area contributed by atoms with Gasteiger partial charge in [-0.05, 0) is 31.0 Å². The molecular formula is C15H22N2O3. The van der Waals surface area contributed by atoms with Crippen molar-refractivity contribution in [3.05, 3.63) is 23.8 Å². The molecular weight excluding hydrogens is 256 g/mol. The van der Waals surface area contributed by atoms with Gasteiger partial charge in [0.05, 0.1) is 0 Å². The SMILES string of the molecule is CC(N)CCC(=O)N(C)Cc1ccc2c(c1)OCCO2. The van der Waals surface area contributed by atoms with E-state index in [2.05, 4.69) is 0 Å². The molecule has 110 valence electrons. The number of fused-ring (bicyclic) bond motifs is 1. The van der Waals surface area contributed by atoms with Gasteiger partial charge in [0.15, 0.2) is 11.5 Å². The summed E-state index contributed by atoms with van der Waals surface area (Å²) in [5, 5.41) is 0. The molecule has 0 fully saturated rings. The van der Waals surface area contributed by atoms with Crippen LogP contribution < -0.4 is 15.2 Å². The van der Waals surface area contributed by atoms with Crippen LogP contribution in [-0.2, 0) is 11.3 Å². The van der Waals surface area contributed by atoms with E-state index in [4.69, 9.17) is 15.2 Å². The summed E-state index contributed by atoms with van der Waals surface area (Å²) in [4.78, 5) is 13.7. The van der Waals surface area contributed by atoms with Gasteiger partial charge in [-0.2, -0.15) is 0 Å². The average molecular weight is 278 g/mol. The first-order chi connectivity index (χ1) is 9.56. The van der Waals surface area contributed by atoms with Gasteiger partial charge in [0.25, 0.3) is 0 Å². The molecule has 0 radical (unpaired) electrons. The molecule has 2 rings (SSSR count). The normalized spacial score (nSPS) is 14.8. The zero-order valence-corrected chi connectivity index (χ0v) is 12.1. The van der Waals surface area contributed by atoms with Crippen LogP contribution in [0.25, 0.3) is 0 Å². The number of hydrogen-bond donors (Lipinski definition) is 1. The minimum absolute atomic E-state index is 0.0571. The number of rotatable bonds is 5. The predicted octanol–water partition coefficient (Wildman–Crippen LogP) is 1.54. The Morgan fingerprint density at radius 1 is 1.35 bits per heavy atom. The topological polar surface area (TPSA) is 64.8 Å². The van der Waals surface area contributed by atoms with Crippen LogP contribution in [0.3, 0.4) is 0 Å². The predicted molar refractivity (Wildman–Crippen MR) is 76.8 cm³/mol. The molecule has 20 heavy (non-hydrogen) atoms. The van der Waals surface area contributed by atoms with Crippen LogP contribution in [0.4, 0.5) is 0 Å². The minimum atomic E-state index is 0.0571. The Bertz CT molecular complexity index is 474. The van der Waals surface area contributed by atoms with Gasteiger partial charge in [0.2, 0.25) is 5.91 Å². The number of ether oxygens (including phenoxy) is 2. The van der Waals surface area contributed by atoms with Gasteiger partial charge >= 0.3 is 0 Å². The van der Waals surface area contributed by atoms with Crippen molar-refractivity contribution in [3.8, 4) is 11.5 Å². The van der Waals surface area contributed by atoms with Crippen molar-refractivity contribution in [1.82, 2.24) is 4.90 Å². The van der Waals surface area contributed by atoms with Crippen LogP contribution in [0.15, 0.2) is 18.2 Å². The molecule has 0 aromatic heterocycles. The number of nitrogens with zero attached hydrogens (tertiary/aromatic N) is 1. The molecule has 1 heterocycles. The van der Waals surface area contributed by atoms with Crippen LogP contribution in [-0.4, -0.2) is 37.1 Å². The molecule has 0 bridgehead atoms. The molecule has 5 nitrogen and oxygen atoms in total. The summed E-state index contributed by atoms with van der Waals surface area (Å²) in [7, 11) is 1.81. The third-order valence-corrected chi connectivity index (χ3v) is 3.27. The molecule has 5 heteroatoms. The number of carbonyl (C=O) groups excluding carboxylic acids is 1. The second kappa shape index (κ2) is 6.61. The second-order valence-electron chi connectivity index (χ2n) is 5.24. The lowest BCUT2D eigenvalue weighted by atomic mass is 10.1. The van der Waals surface area contributed by atoms with Crippen LogP contribution in [0.1, 0.15) is 25.3 Å². The van der Waals surface area contributed by atoms with Gasteiger partial charge in [-0.1, -0.05) is 6.07 Å². The van der Waals surface area contributed by atoms with E-state index in [-0.39, 0.29) is 11.9 Å². The summed E-state index contributed by atoms with van der Waals surface area (Å²) in [6.45, 7) is 3.63. The summed E-state index contributed by atoms with van der Waals surface area (Å²) in [5.41, 5.74) is 6.70. The van der Waals surface area contributed by atoms with Crippen molar-refractivity contribution in [3.63, 3.8) is 0 Å². The third-order valence-electron chi connectivity index (χ3n) is 3.27. The van der Waals surface area contributed by atoms with Crippen molar-refractivity contribution in [2.24, 2.45) is 5.73 Å². The fourth-order valence-corrected chi connectivity index (χ4v) is 2.09. The number of nitrogens with two attached hydrogens (primary N) is 1. The molecule has 0 aliphatic carbocycles. The first-order valence-corrected chi connectivity index (χ1v) is 6.94. The van der Waals surface area contributed by atoms with Crippen molar-refractivity contribution >= 4 is 5.91 Å². The Balaban J connectivity index is 1.93. The first kappa shape index (κ1) is 14.7. The smallest absolute Gasteiger partial charge is 0.222 e. The molecule has 1 aromatic carbocycles. The molecule has 1 amide bonds. The van der Waals surface area contributed by atoms with Crippen LogP contribution in [0, 0.1) is 0 Å². The van der Waals surface area contributed by atoms with Gasteiger partial charge in [-0.3, -0.25) is 4.79 Å². The Hall–Kier alpha value is -1.75. The van der Waals surface area contributed by atoms with E-state index in [1.54, 1.807) is 11.9 Å². The standard InChI is InChI=1S/C15H22N2O3/c1-11(16)3-6-15(18)17(2)10-12-4-5-13-14(9-12)20-8-7-19-13/h4-5,9,11H,3,6-8,10,16H2,1-2H3. The minimum Gasteiger partial charge on any atom is -0.486 e. The number of carbonyl (C=O) groups is 1. The fourth-order valence-electron chi connectivity index (χ4n) is 2.09. The highest BCUT2D eigenvalue weighted by atomic mass is 16.6. The Morgan fingerprint density at radius 3 is 2.75 bits per heavy atom. The maximum atomic E-state index is 12.0. The lowest BCUT2D eigenvalue weighted by Gasteiger charge is -2.21. The summed E-state index contributed by atoms with van der Waals surface area (Å²) >= 11 is 0. The molecule has 1 aromatic rings. The maximum Gasteiger partial charge on any atom is 0.222 e. The Kier molecular flexibility index (Phi) is 4.84. The molecule has 0 saturated heterocycles. The van der Waals surface area contributed by atoms with Gasteiger partial charge in [0.1, 0.15) is 13.2 Å². The monoisotopic (exact) mass is 278 g/mol. The van der Waals surface area contributed by atoms with E-state index in [0.29, 0.717) is 32.6 Å². The third kappa shape index (κ3) is 3.87. The Labute approximate surface area is 119 Å². The van der Waals surface area contributed by atoms with Crippen molar-refractivity contribution in [1.29, 1.82) is 0 Å². The summed E-state index contributed by atoms with van der Waals surface area (Å²) in [6.07, 6.45) is 1.20. The van der Waals surface area contributed by atoms with E-state index in [0.717, 1.165) is 17.1 Å². The van der Waals surface area contributed by atoms with Gasteiger partial charge in [-0.15, -0.1) is 0 Å². The molecule has 1 unspecified atom stereocenters. The molecule has 0 spiro atoms. The highest BCUT2D eigenvalue weighted by Crippen LogP contribution is 2.31. The largest absolute Gasteiger partial charge is 0.486 e. The highest BCUT2D eigenvalue weighted by Gasteiger charge is 2.14. The zero-order chi connectivity index (χ0) is 14.5. The van der Waals surface area contributed by atoms with Crippen LogP contribution >= 0.6 is 0 Å². The van der Waals surface area contributed by atoms with Gasteiger partial charge in [-0.25, -0.2) is 0 Å². The van der Waals surface area contributed by atoms with Crippen LogP contribution in [0.2, 0.25) is 0 Å². The lowest BCUT2D eigenvalue weighted by molar-refractivity contribution is -0.130. The van der Waals surface area contributed by atoms with E-state index in [9.17, 15) is 4.79 Å². The molecule has 0 saturated carbocycles. The van der Waals surface area contributed by atoms with E-state index in [1.807, 2.05) is 25.1 Å². The Morgan fingerprint density at radius 2 is 2.05 bits per heavy atom. The van der Waals surface area contributed by atoms with E-state index < -0.39 is 0 Å². The summed E-state index contributed by atoms with van der Waals surface area (Å²) in [5.74, 6) is 1.63. The molecule has 1 aliphatic heterocycles. The maximum absolute atomic E-state index is 12.0. The number of amides is 1. The number of hydrogen-bond acceptors (Lipinski definition) is 4. The highest BCUT2D eigenvalue weighted by molar-refractivity contribution is 5.75. The van der Waals surface area contributed by atoms with E-state index in [1.165, 1.54) is 0 Å². The second-order valence-corrected chi connectivity index (χ2v) is 5.24. The van der Waals surface area contributed by atoms with Gasteiger partial charge in [0, 0.05) is 26.1 Å². The number of benzene rings is 1. The average Bonchev–Trinajstić information content (AvgIpc) is 2.44. The zero-order valence-electron chi connectivity index (χ0n) is 12.1. The quantitative estimate of drug-likeness (QED) is 0.887. The van der Waals surface area contributed by atoms with Crippen LogP contribution in [0.5, 0.6) is 11.5 Å². The van der Waals surface area contributed by atoms with Crippen molar-refractivity contribution in [2.75, 3.05) is 20.3 Å². The van der Waals surface area contributed by atoms with Crippen molar-refractivity contribution in [2.45, 2.75) is 32.4 Å². The first-order valence-electron chi connectivity index (χ1n) is 6.94.